The monoisotopic (exact) mass is 273 g/mol. The van der Waals surface area contributed by atoms with Crippen LogP contribution in [0.3, 0.4) is 0 Å². The quantitative estimate of drug-likeness (QED) is 0.857. The van der Waals surface area contributed by atoms with Crippen LogP contribution >= 0.6 is 0 Å². The first-order chi connectivity index (χ1) is 9.65. The van der Waals surface area contributed by atoms with Crippen molar-refractivity contribution < 1.29 is 0 Å². The molecule has 0 saturated heterocycles. The summed E-state index contributed by atoms with van der Waals surface area (Å²) in [5.41, 5.74) is 4.34. The smallest absolute Gasteiger partial charge is 0.0397 e. The number of hydrogen-bond donors (Lipinski definition) is 1. The third-order valence-electron chi connectivity index (χ3n) is 4.86. The normalized spacial score (nSPS) is 19.5. The zero-order valence-corrected chi connectivity index (χ0v) is 13.0. The van der Waals surface area contributed by atoms with E-state index in [1.165, 1.54) is 36.1 Å². The minimum Gasteiger partial charge on any atom is -0.374 e. The molecule has 1 atom stereocenters. The van der Waals surface area contributed by atoms with E-state index in [1.54, 1.807) is 0 Å². The third-order valence-corrected chi connectivity index (χ3v) is 4.86. The Labute approximate surface area is 123 Å². The van der Waals surface area contributed by atoms with Crippen LogP contribution in [-0.2, 0) is 13.0 Å². The Bertz CT molecular complexity index is 467. The van der Waals surface area contributed by atoms with Gasteiger partial charge in [-0.3, -0.25) is 4.90 Å². The lowest BCUT2D eigenvalue weighted by molar-refractivity contribution is 0.241. The lowest BCUT2D eigenvalue weighted by atomic mass is 10.1. The maximum absolute atomic E-state index is 3.61. The Hall–Kier alpha value is -1.06. The Morgan fingerprint density at radius 3 is 2.95 bits per heavy atom. The van der Waals surface area contributed by atoms with Crippen molar-refractivity contribution >= 4 is 5.69 Å². The molecular formula is C17H27N3. The van der Waals surface area contributed by atoms with Crippen LogP contribution in [0.15, 0.2) is 18.2 Å². The van der Waals surface area contributed by atoms with Gasteiger partial charge in [0.2, 0.25) is 0 Å². The van der Waals surface area contributed by atoms with Crippen molar-refractivity contribution in [3.63, 3.8) is 0 Å². The van der Waals surface area contributed by atoms with Crippen LogP contribution in [0, 0.1) is 0 Å². The van der Waals surface area contributed by atoms with Gasteiger partial charge in [0, 0.05) is 44.5 Å². The van der Waals surface area contributed by atoms with Crippen molar-refractivity contribution in [1.29, 1.82) is 0 Å². The molecule has 1 unspecified atom stereocenters. The standard InChI is InChI=1S/C17H27N3/c1-13(20(3)16-5-6-16)11-18-12-14-4-7-17-15(10-14)8-9-19(17)2/h4,7,10,13,16,18H,5-6,8-9,11-12H2,1-3H3. The van der Waals surface area contributed by atoms with Crippen LogP contribution in [0.1, 0.15) is 30.9 Å². The molecule has 20 heavy (non-hydrogen) atoms. The highest BCUT2D eigenvalue weighted by Gasteiger charge is 2.28. The zero-order valence-electron chi connectivity index (χ0n) is 13.0. The number of benzene rings is 1. The van der Waals surface area contributed by atoms with E-state index >= 15 is 0 Å². The molecule has 1 aromatic carbocycles. The zero-order chi connectivity index (χ0) is 14.1. The SMILES string of the molecule is CC(CNCc1ccc2c(c1)CCN2C)N(C)C1CC1. The second kappa shape index (κ2) is 5.74. The molecule has 0 spiro atoms. The fraction of sp³-hybridized carbons (Fsp3) is 0.647. The number of rotatable bonds is 6. The number of anilines is 1. The van der Waals surface area contributed by atoms with E-state index in [9.17, 15) is 0 Å². The van der Waals surface area contributed by atoms with Crippen molar-refractivity contribution in [3.8, 4) is 0 Å². The van der Waals surface area contributed by atoms with E-state index in [0.717, 1.165) is 25.7 Å². The Morgan fingerprint density at radius 1 is 1.40 bits per heavy atom. The lowest BCUT2D eigenvalue weighted by Gasteiger charge is -2.24. The van der Waals surface area contributed by atoms with Gasteiger partial charge in [0.1, 0.15) is 0 Å². The fourth-order valence-electron chi connectivity index (χ4n) is 3.14. The molecule has 110 valence electrons. The van der Waals surface area contributed by atoms with Gasteiger partial charge in [-0.25, -0.2) is 0 Å². The summed E-state index contributed by atoms with van der Waals surface area (Å²) in [6.07, 6.45) is 3.97. The number of nitrogens with one attached hydrogen (secondary N) is 1. The molecule has 0 aromatic heterocycles. The van der Waals surface area contributed by atoms with E-state index in [0.29, 0.717) is 6.04 Å². The van der Waals surface area contributed by atoms with Crippen LogP contribution in [-0.4, -0.2) is 44.2 Å². The van der Waals surface area contributed by atoms with Crippen molar-refractivity contribution in [3.05, 3.63) is 29.3 Å². The van der Waals surface area contributed by atoms with Crippen LogP contribution in [0.2, 0.25) is 0 Å². The van der Waals surface area contributed by atoms with Crippen molar-refractivity contribution in [2.24, 2.45) is 0 Å². The number of fused-ring (bicyclic) bond motifs is 1. The second-order valence-electron chi connectivity index (χ2n) is 6.51. The summed E-state index contributed by atoms with van der Waals surface area (Å²) in [6, 6.07) is 8.40. The fourth-order valence-corrected chi connectivity index (χ4v) is 3.14. The number of nitrogens with zero attached hydrogens (tertiary/aromatic N) is 2. The summed E-state index contributed by atoms with van der Waals surface area (Å²) in [4.78, 5) is 4.86. The summed E-state index contributed by atoms with van der Waals surface area (Å²) in [7, 11) is 4.44. The topological polar surface area (TPSA) is 18.5 Å². The van der Waals surface area contributed by atoms with Crippen molar-refractivity contribution in [1.82, 2.24) is 10.2 Å². The van der Waals surface area contributed by atoms with Gasteiger partial charge in [-0.15, -0.1) is 0 Å². The Morgan fingerprint density at radius 2 is 2.20 bits per heavy atom. The average molecular weight is 273 g/mol. The second-order valence-corrected chi connectivity index (χ2v) is 6.51. The molecule has 1 aliphatic carbocycles. The molecule has 1 aromatic rings. The maximum atomic E-state index is 3.61. The first-order valence-electron chi connectivity index (χ1n) is 7.91. The largest absolute Gasteiger partial charge is 0.374 e. The van der Waals surface area contributed by atoms with Gasteiger partial charge < -0.3 is 10.2 Å². The van der Waals surface area contributed by atoms with Crippen molar-refractivity contribution in [2.75, 3.05) is 32.1 Å². The minimum absolute atomic E-state index is 0.628. The summed E-state index contributed by atoms with van der Waals surface area (Å²) in [6.45, 7) is 5.54. The predicted octanol–water partition coefficient (Wildman–Crippen LogP) is 2.25. The third kappa shape index (κ3) is 2.99. The van der Waals surface area contributed by atoms with E-state index in [4.69, 9.17) is 0 Å². The molecule has 3 rings (SSSR count). The summed E-state index contributed by atoms with van der Waals surface area (Å²) in [5.74, 6) is 0. The van der Waals surface area contributed by atoms with Crippen LogP contribution in [0.4, 0.5) is 5.69 Å². The maximum Gasteiger partial charge on any atom is 0.0397 e. The summed E-state index contributed by atoms with van der Waals surface area (Å²) in [5, 5.41) is 3.61. The molecule has 3 heteroatoms. The average Bonchev–Trinajstić information content (AvgIpc) is 3.23. The highest BCUT2D eigenvalue weighted by molar-refractivity contribution is 5.58. The van der Waals surface area contributed by atoms with Crippen LogP contribution in [0.5, 0.6) is 0 Å². The van der Waals surface area contributed by atoms with Gasteiger partial charge in [0.05, 0.1) is 0 Å². The molecule has 2 aliphatic rings. The van der Waals surface area contributed by atoms with E-state index < -0.39 is 0 Å². The van der Waals surface area contributed by atoms with E-state index in [2.05, 4.69) is 54.3 Å². The van der Waals surface area contributed by atoms with Gasteiger partial charge in [-0.2, -0.15) is 0 Å². The molecule has 0 radical (unpaired) electrons. The first-order valence-corrected chi connectivity index (χ1v) is 7.91. The molecule has 1 saturated carbocycles. The van der Waals surface area contributed by atoms with Crippen LogP contribution in [0.25, 0.3) is 0 Å². The van der Waals surface area contributed by atoms with Gasteiger partial charge >= 0.3 is 0 Å². The van der Waals surface area contributed by atoms with E-state index in [1.807, 2.05) is 0 Å². The number of hydrogen-bond acceptors (Lipinski definition) is 3. The first kappa shape index (κ1) is 13.9. The van der Waals surface area contributed by atoms with Gasteiger partial charge in [0.15, 0.2) is 0 Å². The molecule has 1 heterocycles. The molecule has 1 aliphatic heterocycles. The Balaban J connectivity index is 1.49. The highest BCUT2D eigenvalue weighted by Crippen LogP contribution is 2.28. The predicted molar refractivity (Wildman–Crippen MR) is 85.4 cm³/mol. The molecular weight excluding hydrogens is 246 g/mol. The molecule has 0 bridgehead atoms. The van der Waals surface area contributed by atoms with Gasteiger partial charge in [-0.05, 0) is 50.4 Å². The van der Waals surface area contributed by atoms with Gasteiger partial charge in [0.25, 0.3) is 0 Å². The molecule has 3 nitrogen and oxygen atoms in total. The molecule has 1 fully saturated rings. The molecule has 1 N–H and O–H groups in total. The number of likely N-dealkylation sites (N-methyl/N-ethyl adjacent to an activating group) is 2. The van der Waals surface area contributed by atoms with Gasteiger partial charge in [-0.1, -0.05) is 12.1 Å². The molecule has 0 amide bonds. The van der Waals surface area contributed by atoms with E-state index in [-0.39, 0.29) is 0 Å². The minimum atomic E-state index is 0.628. The lowest BCUT2D eigenvalue weighted by Crippen LogP contribution is -2.38. The van der Waals surface area contributed by atoms with Crippen molar-refractivity contribution in [2.45, 2.75) is 44.8 Å². The Kier molecular flexibility index (Phi) is 3.99. The highest BCUT2D eigenvalue weighted by atomic mass is 15.2. The summed E-state index contributed by atoms with van der Waals surface area (Å²) >= 11 is 0. The summed E-state index contributed by atoms with van der Waals surface area (Å²) < 4.78 is 0. The van der Waals surface area contributed by atoms with Crippen LogP contribution < -0.4 is 10.2 Å².